The molecular formula is C39H47N3O6. The normalized spacial score (nSPS) is 13.2. The molecule has 254 valence electrons. The van der Waals surface area contributed by atoms with E-state index in [-0.39, 0.29) is 12.8 Å². The zero-order valence-electron chi connectivity index (χ0n) is 28.9. The molecule has 3 amide bonds. The van der Waals surface area contributed by atoms with Crippen LogP contribution in [0.25, 0.3) is 0 Å². The van der Waals surface area contributed by atoms with Crippen molar-refractivity contribution in [3.8, 4) is 12.5 Å². The van der Waals surface area contributed by atoms with E-state index in [1.807, 2.05) is 79.7 Å². The number of amides is 3. The number of carbonyl (C=O) groups is 4. The molecule has 3 atom stereocenters. The third-order valence-electron chi connectivity index (χ3n) is 7.15. The summed E-state index contributed by atoms with van der Waals surface area (Å²) < 4.78 is 11.1. The Morgan fingerprint density at radius 3 is 1.67 bits per heavy atom. The van der Waals surface area contributed by atoms with Gasteiger partial charge in [0, 0.05) is 18.9 Å². The van der Waals surface area contributed by atoms with E-state index in [0.29, 0.717) is 5.56 Å². The third kappa shape index (κ3) is 11.6. The monoisotopic (exact) mass is 653 g/mol. The highest BCUT2D eigenvalue weighted by molar-refractivity contribution is 5.95. The van der Waals surface area contributed by atoms with Gasteiger partial charge in [-0.1, -0.05) is 98.3 Å². The maximum Gasteiger partial charge on any atom is 0.408 e. The number of aryl methyl sites for hydroxylation is 1. The lowest BCUT2D eigenvalue weighted by Gasteiger charge is -2.32. The van der Waals surface area contributed by atoms with Crippen LogP contribution in [0.2, 0.25) is 0 Å². The van der Waals surface area contributed by atoms with Crippen molar-refractivity contribution >= 4 is 23.9 Å². The summed E-state index contributed by atoms with van der Waals surface area (Å²) in [5.41, 5.74) is 1.35. The Kier molecular flexibility index (Phi) is 13.0. The average Bonchev–Trinajstić information content (AvgIpc) is 3.02. The van der Waals surface area contributed by atoms with Crippen molar-refractivity contribution in [3.05, 3.63) is 107 Å². The van der Waals surface area contributed by atoms with Gasteiger partial charge >= 0.3 is 12.1 Å². The maximum absolute atomic E-state index is 14.4. The van der Waals surface area contributed by atoms with Crippen LogP contribution in [0.3, 0.4) is 0 Å². The van der Waals surface area contributed by atoms with Gasteiger partial charge in [0.15, 0.2) is 0 Å². The second-order valence-corrected chi connectivity index (χ2v) is 13.5. The van der Waals surface area contributed by atoms with E-state index in [4.69, 9.17) is 15.9 Å². The summed E-state index contributed by atoms with van der Waals surface area (Å²) in [6.45, 7) is 12.4. The molecule has 0 aromatic heterocycles. The summed E-state index contributed by atoms with van der Waals surface area (Å²) in [4.78, 5) is 56.1. The van der Waals surface area contributed by atoms with Crippen molar-refractivity contribution in [1.29, 1.82) is 0 Å². The fourth-order valence-corrected chi connectivity index (χ4v) is 4.95. The molecule has 0 aliphatic heterocycles. The molecular weight excluding hydrogens is 606 g/mol. The van der Waals surface area contributed by atoms with Crippen LogP contribution in [0, 0.1) is 12.5 Å². The maximum atomic E-state index is 14.4. The highest BCUT2D eigenvalue weighted by Crippen LogP contribution is 2.25. The molecule has 2 N–H and O–H groups in total. The fourth-order valence-electron chi connectivity index (χ4n) is 4.95. The lowest BCUT2D eigenvalue weighted by Crippen LogP contribution is -2.54. The SMILES string of the molecule is C#CN(C(=O)C(Cc1ccccc1)NC(=O)OC(C)(C)C)C(C(=O)NC(Cc1ccccc1)C(=O)OC(C)(C)C)c1ccc(CC)cc1. The molecule has 0 aliphatic carbocycles. The topological polar surface area (TPSA) is 114 Å². The zero-order valence-corrected chi connectivity index (χ0v) is 28.9. The lowest BCUT2D eigenvalue weighted by atomic mass is 9.98. The van der Waals surface area contributed by atoms with Crippen LogP contribution in [0.1, 0.15) is 76.8 Å². The van der Waals surface area contributed by atoms with E-state index in [1.54, 1.807) is 53.7 Å². The molecule has 48 heavy (non-hydrogen) atoms. The van der Waals surface area contributed by atoms with Crippen molar-refractivity contribution in [2.75, 3.05) is 0 Å². The van der Waals surface area contributed by atoms with E-state index < -0.39 is 53.2 Å². The number of alkyl carbamates (subject to hydrolysis) is 1. The van der Waals surface area contributed by atoms with Crippen LogP contribution in [-0.4, -0.2) is 52.1 Å². The van der Waals surface area contributed by atoms with E-state index in [9.17, 15) is 19.2 Å². The number of benzene rings is 3. The molecule has 0 saturated carbocycles. The summed E-state index contributed by atoms with van der Waals surface area (Å²) in [5.74, 6) is -2.02. The minimum absolute atomic E-state index is 0.0781. The molecule has 3 aromatic carbocycles. The van der Waals surface area contributed by atoms with Gasteiger partial charge in [0.25, 0.3) is 5.91 Å². The Morgan fingerprint density at radius 1 is 0.708 bits per heavy atom. The molecule has 0 aliphatic rings. The number of carbonyl (C=O) groups excluding carboxylic acids is 4. The first kappa shape index (κ1) is 37.4. The molecule has 0 spiro atoms. The predicted octanol–water partition coefficient (Wildman–Crippen LogP) is 5.91. The third-order valence-corrected chi connectivity index (χ3v) is 7.15. The quantitative estimate of drug-likeness (QED) is 0.143. The molecule has 9 nitrogen and oxygen atoms in total. The Morgan fingerprint density at radius 2 is 1.21 bits per heavy atom. The Bertz CT molecular complexity index is 1570. The molecule has 0 saturated heterocycles. The molecule has 0 fully saturated rings. The summed E-state index contributed by atoms with van der Waals surface area (Å²) >= 11 is 0. The van der Waals surface area contributed by atoms with Gasteiger partial charge < -0.3 is 20.1 Å². The summed E-state index contributed by atoms with van der Waals surface area (Å²) in [5, 5.41) is 5.49. The number of rotatable bonds is 12. The van der Waals surface area contributed by atoms with Gasteiger partial charge in [0.2, 0.25) is 5.91 Å². The Labute approximate surface area is 284 Å². The summed E-state index contributed by atoms with van der Waals surface area (Å²) in [7, 11) is 0. The van der Waals surface area contributed by atoms with Crippen LogP contribution >= 0.6 is 0 Å². The van der Waals surface area contributed by atoms with Crippen molar-refractivity contribution in [2.45, 2.75) is 97.1 Å². The van der Waals surface area contributed by atoms with Gasteiger partial charge in [0.05, 0.1) is 0 Å². The minimum Gasteiger partial charge on any atom is -0.458 e. The molecule has 0 bridgehead atoms. The molecule has 0 heterocycles. The largest absolute Gasteiger partial charge is 0.458 e. The van der Waals surface area contributed by atoms with Gasteiger partial charge in [0.1, 0.15) is 29.3 Å². The molecule has 3 rings (SSSR count). The number of terminal acetylenes is 1. The van der Waals surface area contributed by atoms with Gasteiger partial charge in [-0.15, -0.1) is 0 Å². The number of nitrogens with one attached hydrogen (secondary N) is 2. The first-order valence-corrected chi connectivity index (χ1v) is 16.1. The second-order valence-electron chi connectivity index (χ2n) is 13.5. The number of hydrogen-bond acceptors (Lipinski definition) is 6. The highest BCUT2D eigenvalue weighted by Gasteiger charge is 2.38. The van der Waals surface area contributed by atoms with E-state index >= 15 is 0 Å². The summed E-state index contributed by atoms with van der Waals surface area (Å²) in [6, 6.07) is 24.3. The minimum atomic E-state index is -1.35. The van der Waals surface area contributed by atoms with Crippen LogP contribution < -0.4 is 10.6 Å². The van der Waals surface area contributed by atoms with Crippen LogP contribution in [0.5, 0.6) is 0 Å². The Balaban J connectivity index is 2.05. The zero-order chi connectivity index (χ0) is 35.5. The van der Waals surface area contributed by atoms with Gasteiger partial charge in [-0.05, 0) is 70.2 Å². The Hall–Kier alpha value is -5.10. The second kappa shape index (κ2) is 16.6. The van der Waals surface area contributed by atoms with Gasteiger partial charge in [-0.2, -0.15) is 0 Å². The smallest absolute Gasteiger partial charge is 0.408 e. The number of nitrogens with zero attached hydrogens (tertiary/aromatic N) is 1. The first-order chi connectivity index (χ1) is 22.6. The van der Waals surface area contributed by atoms with Crippen LogP contribution in [0.4, 0.5) is 4.79 Å². The predicted molar refractivity (Wildman–Crippen MR) is 185 cm³/mol. The molecule has 3 unspecified atom stereocenters. The van der Waals surface area contributed by atoms with E-state index in [0.717, 1.165) is 28.0 Å². The fraction of sp³-hybridized carbons (Fsp3) is 0.385. The number of hydrogen-bond donors (Lipinski definition) is 2. The van der Waals surface area contributed by atoms with E-state index in [1.165, 1.54) is 0 Å². The average molecular weight is 654 g/mol. The molecule has 9 heteroatoms. The lowest BCUT2D eigenvalue weighted by molar-refractivity contribution is -0.159. The van der Waals surface area contributed by atoms with E-state index in [2.05, 4.69) is 16.7 Å². The first-order valence-electron chi connectivity index (χ1n) is 16.1. The van der Waals surface area contributed by atoms with Crippen molar-refractivity contribution in [3.63, 3.8) is 0 Å². The van der Waals surface area contributed by atoms with Crippen molar-refractivity contribution in [1.82, 2.24) is 15.5 Å². The van der Waals surface area contributed by atoms with Crippen molar-refractivity contribution < 1.29 is 28.7 Å². The standard InChI is InChI=1S/C39H47N3O6/c1-9-27-21-23-30(24-22-27)33(34(43)40-32(36(45)47-38(3,4)5)26-29-19-15-12-16-20-29)42(10-2)35(44)31(25-28-17-13-11-14-18-28)41-37(46)48-39(6,7)8/h2,11-24,31-33H,9,25-26H2,1,3-8H3,(H,40,43)(H,41,46). The number of ether oxygens (including phenoxy) is 2. The number of esters is 1. The highest BCUT2D eigenvalue weighted by atomic mass is 16.6. The van der Waals surface area contributed by atoms with Gasteiger partial charge in [-0.3, -0.25) is 14.5 Å². The molecule has 0 radical (unpaired) electrons. The molecule has 3 aromatic rings. The van der Waals surface area contributed by atoms with Gasteiger partial charge in [-0.25, -0.2) is 9.59 Å². The van der Waals surface area contributed by atoms with Crippen molar-refractivity contribution in [2.24, 2.45) is 0 Å². The van der Waals surface area contributed by atoms with Crippen LogP contribution in [-0.2, 0) is 43.1 Å². The summed E-state index contributed by atoms with van der Waals surface area (Å²) in [6.07, 6.45) is 6.17. The van der Waals surface area contributed by atoms with Crippen LogP contribution in [0.15, 0.2) is 84.9 Å².